The lowest BCUT2D eigenvalue weighted by Crippen LogP contribution is -2.32. The number of carbonyl (C=O) groups excluding carboxylic acids is 1. The Morgan fingerprint density at radius 2 is 2.04 bits per heavy atom. The number of aromatic amines is 1. The van der Waals surface area contributed by atoms with Crippen LogP contribution in [0.3, 0.4) is 0 Å². The maximum atomic E-state index is 12.8. The molecule has 1 aliphatic rings. The van der Waals surface area contributed by atoms with Crippen LogP contribution in [0.1, 0.15) is 16.9 Å². The summed E-state index contributed by atoms with van der Waals surface area (Å²) in [5.41, 5.74) is 1.07. The predicted molar refractivity (Wildman–Crippen MR) is 105 cm³/mol. The van der Waals surface area contributed by atoms with Gasteiger partial charge in [0.2, 0.25) is 0 Å². The topological polar surface area (TPSA) is 83.1 Å². The van der Waals surface area contributed by atoms with Crippen molar-refractivity contribution in [1.29, 1.82) is 0 Å². The van der Waals surface area contributed by atoms with E-state index in [-0.39, 0.29) is 17.3 Å². The molecular weight excluding hydrogens is 406 g/mol. The number of nitrogens with one attached hydrogen (secondary N) is 1. The molecule has 1 aromatic carbocycles. The van der Waals surface area contributed by atoms with Gasteiger partial charge >= 0.3 is 0 Å². The van der Waals surface area contributed by atoms with Crippen molar-refractivity contribution in [3.8, 4) is 10.6 Å². The zero-order valence-electron chi connectivity index (χ0n) is 14.1. The van der Waals surface area contributed by atoms with Gasteiger partial charge in [0, 0.05) is 18.1 Å². The average molecular weight is 422 g/mol. The summed E-state index contributed by atoms with van der Waals surface area (Å²) in [5, 5.41) is 8.77. The van der Waals surface area contributed by atoms with E-state index in [1.807, 2.05) is 17.5 Å². The Morgan fingerprint density at radius 3 is 2.74 bits per heavy atom. The molecule has 1 atom stereocenters. The van der Waals surface area contributed by atoms with Gasteiger partial charge in [-0.3, -0.25) is 9.89 Å². The fraction of sp³-hybridized carbons (Fsp3) is 0.222. The molecule has 0 spiro atoms. The smallest absolute Gasteiger partial charge is 0.274 e. The number of halogens is 1. The number of thiophene rings is 1. The van der Waals surface area contributed by atoms with Gasteiger partial charge in [-0.2, -0.15) is 5.10 Å². The summed E-state index contributed by atoms with van der Waals surface area (Å²) in [4.78, 5) is 15.5. The summed E-state index contributed by atoms with van der Waals surface area (Å²) >= 11 is 7.39. The van der Waals surface area contributed by atoms with E-state index >= 15 is 0 Å². The number of hydrogen-bond donors (Lipinski definition) is 1. The fourth-order valence-corrected chi connectivity index (χ4v) is 5.64. The highest BCUT2D eigenvalue weighted by molar-refractivity contribution is 7.92. The van der Waals surface area contributed by atoms with Crippen molar-refractivity contribution < 1.29 is 13.2 Å². The van der Waals surface area contributed by atoms with Crippen LogP contribution in [0.5, 0.6) is 0 Å². The van der Waals surface area contributed by atoms with Crippen molar-refractivity contribution in [2.75, 3.05) is 13.1 Å². The molecule has 1 amide bonds. The molecule has 1 N–H and O–H groups in total. The van der Waals surface area contributed by atoms with Gasteiger partial charge in [-0.1, -0.05) is 17.7 Å². The normalized spacial score (nSPS) is 17.4. The van der Waals surface area contributed by atoms with Crippen LogP contribution in [0.2, 0.25) is 5.02 Å². The number of nitrogens with zero attached hydrogens (tertiary/aromatic N) is 2. The predicted octanol–water partition coefficient (Wildman–Crippen LogP) is 3.48. The number of rotatable bonds is 4. The second-order valence-electron chi connectivity index (χ2n) is 6.30. The molecule has 6 nitrogen and oxygen atoms in total. The van der Waals surface area contributed by atoms with Crippen molar-refractivity contribution in [2.24, 2.45) is 0 Å². The number of amides is 1. The van der Waals surface area contributed by atoms with E-state index in [2.05, 4.69) is 10.2 Å². The Hall–Kier alpha value is -2.16. The zero-order chi connectivity index (χ0) is 19.0. The molecule has 3 heterocycles. The number of H-pyrrole nitrogens is 1. The molecule has 4 rings (SSSR count). The first-order valence-corrected chi connectivity index (χ1v) is 11.1. The van der Waals surface area contributed by atoms with Crippen LogP contribution >= 0.6 is 22.9 Å². The summed E-state index contributed by atoms with van der Waals surface area (Å²) in [6, 6.07) is 11.7. The molecule has 0 aliphatic carbocycles. The molecule has 1 unspecified atom stereocenters. The van der Waals surface area contributed by atoms with E-state index < -0.39 is 15.1 Å². The molecule has 2 aromatic heterocycles. The third-order valence-electron chi connectivity index (χ3n) is 4.60. The Kier molecular flexibility index (Phi) is 4.79. The van der Waals surface area contributed by atoms with Crippen LogP contribution in [0, 0.1) is 0 Å². The second-order valence-corrected chi connectivity index (χ2v) is 9.92. The number of aromatic nitrogens is 2. The Labute approximate surface area is 165 Å². The van der Waals surface area contributed by atoms with Crippen LogP contribution in [0.15, 0.2) is 52.7 Å². The Balaban J connectivity index is 1.49. The van der Waals surface area contributed by atoms with E-state index in [1.165, 1.54) is 12.1 Å². The van der Waals surface area contributed by atoms with E-state index in [0.29, 0.717) is 23.7 Å². The first kappa shape index (κ1) is 18.2. The van der Waals surface area contributed by atoms with Crippen molar-refractivity contribution in [1.82, 2.24) is 15.1 Å². The monoisotopic (exact) mass is 421 g/mol. The summed E-state index contributed by atoms with van der Waals surface area (Å²) in [5.74, 6) is -0.261. The molecule has 27 heavy (non-hydrogen) atoms. The van der Waals surface area contributed by atoms with E-state index in [9.17, 15) is 13.2 Å². The lowest BCUT2D eigenvalue weighted by molar-refractivity contribution is 0.0787. The minimum absolute atomic E-state index is 0.158. The maximum absolute atomic E-state index is 12.8. The quantitative estimate of drug-likeness (QED) is 0.699. The molecule has 0 bridgehead atoms. The van der Waals surface area contributed by atoms with Gasteiger partial charge in [-0.25, -0.2) is 8.42 Å². The lowest BCUT2D eigenvalue weighted by Gasteiger charge is -2.15. The summed E-state index contributed by atoms with van der Waals surface area (Å²) < 4.78 is 25.6. The van der Waals surface area contributed by atoms with Crippen molar-refractivity contribution >= 4 is 38.7 Å². The van der Waals surface area contributed by atoms with Crippen molar-refractivity contribution in [2.45, 2.75) is 16.6 Å². The first-order chi connectivity index (χ1) is 12.9. The molecule has 3 aromatic rings. The molecule has 140 valence electrons. The zero-order valence-corrected chi connectivity index (χ0v) is 16.5. The Morgan fingerprint density at radius 1 is 1.26 bits per heavy atom. The van der Waals surface area contributed by atoms with Gasteiger partial charge in [0.05, 0.1) is 20.7 Å². The SMILES string of the molecule is O=C(c1cc(-c2cccs2)[nH]n1)N1CCC(S(=O)(=O)c2ccc(Cl)cc2)C1. The minimum atomic E-state index is -3.51. The van der Waals surface area contributed by atoms with Crippen LogP contribution < -0.4 is 0 Å². The average Bonchev–Trinajstić information content (AvgIpc) is 3.42. The summed E-state index contributed by atoms with van der Waals surface area (Å²) in [6.45, 7) is 0.544. The summed E-state index contributed by atoms with van der Waals surface area (Å²) in [6.07, 6.45) is 0.402. The van der Waals surface area contributed by atoms with Gasteiger partial charge < -0.3 is 4.90 Å². The van der Waals surface area contributed by atoms with Crippen LogP contribution in [0.4, 0.5) is 0 Å². The largest absolute Gasteiger partial charge is 0.336 e. The van der Waals surface area contributed by atoms with Crippen LogP contribution in [0.25, 0.3) is 10.6 Å². The van der Waals surface area contributed by atoms with Crippen molar-refractivity contribution in [3.63, 3.8) is 0 Å². The number of benzene rings is 1. The molecule has 0 saturated carbocycles. The van der Waals surface area contributed by atoms with Gasteiger partial charge in [-0.15, -0.1) is 11.3 Å². The van der Waals surface area contributed by atoms with E-state index in [4.69, 9.17) is 11.6 Å². The molecule has 9 heteroatoms. The maximum Gasteiger partial charge on any atom is 0.274 e. The fourth-order valence-electron chi connectivity index (χ4n) is 3.13. The van der Waals surface area contributed by atoms with Gasteiger partial charge in [-0.05, 0) is 48.2 Å². The van der Waals surface area contributed by atoms with Gasteiger partial charge in [0.25, 0.3) is 5.91 Å². The molecule has 1 saturated heterocycles. The summed E-state index contributed by atoms with van der Waals surface area (Å²) in [7, 11) is -3.51. The van der Waals surface area contributed by atoms with Crippen LogP contribution in [-0.4, -0.2) is 47.8 Å². The highest BCUT2D eigenvalue weighted by Crippen LogP contribution is 2.27. The minimum Gasteiger partial charge on any atom is -0.336 e. The number of carbonyl (C=O) groups is 1. The third-order valence-corrected chi connectivity index (χ3v) is 7.94. The molecule has 1 aliphatic heterocycles. The first-order valence-electron chi connectivity index (χ1n) is 8.33. The second kappa shape index (κ2) is 7.10. The molecule has 1 fully saturated rings. The Bertz CT molecular complexity index is 1060. The highest BCUT2D eigenvalue weighted by Gasteiger charge is 2.37. The van der Waals surface area contributed by atoms with E-state index in [1.54, 1.807) is 34.4 Å². The third kappa shape index (κ3) is 3.52. The lowest BCUT2D eigenvalue weighted by atomic mass is 10.3. The number of likely N-dealkylation sites (tertiary alicyclic amines) is 1. The van der Waals surface area contributed by atoms with Gasteiger partial charge in [0.15, 0.2) is 15.5 Å². The van der Waals surface area contributed by atoms with E-state index in [0.717, 1.165) is 10.6 Å². The standard InChI is InChI=1S/C18H16ClN3O3S2/c19-12-3-5-13(6-4-12)27(24,25)14-7-8-22(11-14)18(23)16-10-15(20-21-16)17-2-1-9-26-17/h1-6,9-10,14H,7-8,11H2,(H,20,21). The number of hydrogen-bond acceptors (Lipinski definition) is 5. The van der Waals surface area contributed by atoms with Gasteiger partial charge in [0.1, 0.15) is 0 Å². The van der Waals surface area contributed by atoms with Crippen molar-refractivity contribution in [3.05, 3.63) is 58.6 Å². The number of sulfone groups is 1. The highest BCUT2D eigenvalue weighted by atomic mass is 35.5. The molecular formula is C18H16ClN3O3S2. The molecule has 0 radical (unpaired) electrons. The van der Waals surface area contributed by atoms with Crippen LogP contribution in [-0.2, 0) is 9.84 Å².